The number of benzene rings is 3. The molecule has 1 aromatic heterocycles. The quantitative estimate of drug-likeness (QED) is 0.397. The summed E-state index contributed by atoms with van der Waals surface area (Å²) in [6, 6.07) is 24.7. The van der Waals surface area contributed by atoms with E-state index in [1.165, 1.54) is 5.56 Å². The molecule has 0 bridgehead atoms. The largest absolute Gasteiger partial charge is 0.487 e. The predicted octanol–water partition coefficient (Wildman–Crippen LogP) is 5.95. The molecular formula is C27H27N3O2. The normalized spacial score (nSPS) is 14.8. The second-order valence-corrected chi connectivity index (χ2v) is 8.40. The van der Waals surface area contributed by atoms with Gasteiger partial charge < -0.3 is 19.4 Å². The third-order valence-corrected chi connectivity index (χ3v) is 5.75. The maximum Gasteiger partial charge on any atom is 0.227 e. The zero-order valence-corrected chi connectivity index (χ0v) is 18.4. The molecule has 162 valence electrons. The molecule has 32 heavy (non-hydrogen) atoms. The number of anilines is 1. The van der Waals surface area contributed by atoms with Gasteiger partial charge in [0.1, 0.15) is 17.4 Å². The average molecular weight is 426 g/mol. The van der Waals surface area contributed by atoms with Gasteiger partial charge in [-0.25, -0.2) is 4.98 Å². The van der Waals surface area contributed by atoms with Crippen molar-refractivity contribution in [2.24, 2.45) is 0 Å². The first-order valence-electron chi connectivity index (χ1n) is 10.9. The van der Waals surface area contributed by atoms with Crippen LogP contribution in [0.1, 0.15) is 25.5 Å². The average Bonchev–Trinajstić information content (AvgIpc) is 3.20. The minimum atomic E-state index is 0.180. The Morgan fingerprint density at radius 1 is 1.09 bits per heavy atom. The minimum absolute atomic E-state index is 0.180. The summed E-state index contributed by atoms with van der Waals surface area (Å²) in [5.41, 5.74) is 5.98. The van der Waals surface area contributed by atoms with Crippen molar-refractivity contribution in [2.45, 2.75) is 26.0 Å². The molecule has 0 unspecified atom stereocenters. The summed E-state index contributed by atoms with van der Waals surface area (Å²) in [6.07, 6.45) is 0.180. The van der Waals surface area contributed by atoms with Crippen LogP contribution in [-0.4, -0.2) is 24.2 Å². The number of allylic oxidation sites excluding steroid dienone is 1. The van der Waals surface area contributed by atoms with Crippen LogP contribution in [0.25, 0.3) is 22.6 Å². The Morgan fingerprint density at radius 2 is 1.84 bits per heavy atom. The van der Waals surface area contributed by atoms with Crippen LogP contribution < -0.4 is 15.0 Å². The van der Waals surface area contributed by atoms with E-state index < -0.39 is 0 Å². The van der Waals surface area contributed by atoms with Gasteiger partial charge in [0.2, 0.25) is 5.89 Å². The molecule has 1 aliphatic rings. The smallest absolute Gasteiger partial charge is 0.227 e. The molecule has 1 aliphatic heterocycles. The van der Waals surface area contributed by atoms with Crippen molar-refractivity contribution in [3.63, 3.8) is 0 Å². The van der Waals surface area contributed by atoms with E-state index in [0.717, 1.165) is 46.9 Å². The van der Waals surface area contributed by atoms with E-state index in [0.29, 0.717) is 5.89 Å². The molecular weight excluding hydrogens is 398 g/mol. The first-order chi connectivity index (χ1) is 15.5. The maximum atomic E-state index is 6.15. The van der Waals surface area contributed by atoms with Crippen LogP contribution in [0.5, 0.6) is 5.75 Å². The molecule has 0 amide bonds. The van der Waals surface area contributed by atoms with Crippen molar-refractivity contribution < 1.29 is 9.15 Å². The van der Waals surface area contributed by atoms with E-state index in [9.17, 15) is 0 Å². The molecule has 4 aromatic rings. The first kappa shape index (κ1) is 20.2. The molecule has 0 aliphatic carbocycles. The SMILES string of the molecule is C=C(C)N[C@@H](C)c1ccc(OC2CN(c3ccc4oc(-c5ccccc5)nc4c3)C2)cc1. The lowest BCUT2D eigenvalue weighted by Crippen LogP contribution is -2.54. The van der Waals surface area contributed by atoms with Gasteiger partial charge in [-0.05, 0) is 61.9 Å². The van der Waals surface area contributed by atoms with Crippen molar-refractivity contribution in [3.05, 3.63) is 90.6 Å². The molecule has 5 nitrogen and oxygen atoms in total. The van der Waals surface area contributed by atoms with Crippen LogP contribution in [0, 0.1) is 0 Å². The summed E-state index contributed by atoms with van der Waals surface area (Å²) >= 11 is 0. The minimum Gasteiger partial charge on any atom is -0.487 e. The van der Waals surface area contributed by atoms with Crippen LogP contribution in [0.2, 0.25) is 0 Å². The van der Waals surface area contributed by atoms with Gasteiger partial charge in [0, 0.05) is 23.0 Å². The van der Waals surface area contributed by atoms with Crippen LogP contribution in [-0.2, 0) is 0 Å². The number of oxazole rings is 1. The molecule has 5 rings (SSSR count). The third-order valence-electron chi connectivity index (χ3n) is 5.75. The number of fused-ring (bicyclic) bond motifs is 1. The van der Waals surface area contributed by atoms with Crippen LogP contribution >= 0.6 is 0 Å². The molecule has 1 atom stereocenters. The summed E-state index contributed by atoms with van der Waals surface area (Å²) < 4.78 is 12.1. The Bertz CT molecular complexity index is 1220. The molecule has 5 heteroatoms. The lowest BCUT2D eigenvalue weighted by Gasteiger charge is -2.40. The van der Waals surface area contributed by atoms with E-state index >= 15 is 0 Å². The van der Waals surface area contributed by atoms with E-state index in [1.807, 2.05) is 55.5 Å². The number of aromatic nitrogens is 1. The standard InChI is InChI=1S/C27H27N3O2/c1-18(2)28-19(3)20-9-12-23(13-10-20)31-24-16-30(17-24)22-11-14-26-25(15-22)29-27(32-26)21-7-5-4-6-8-21/h4-15,19,24,28H,1,16-17H2,2-3H3/t19-/m0/s1. The van der Waals surface area contributed by atoms with Gasteiger partial charge in [0.25, 0.3) is 0 Å². The topological polar surface area (TPSA) is 50.5 Å². The lowest BCUT2D eigenvalue weighted by molar-refractivity contribution is 0.167. The fraction of sp³-hybridized carbons (Fsp3) is 0.222. The molecule has 1 N–H and O–H groups in total. The first-order valence-corrected chi connectivity index (χ1v) is 10.9. The molecule has 0 radical (unpaired) electrons. The summed E-state index contributed by atoms with van der Waals surface area (Å²) in [6.45, 7) is 9.71. The molecule has 0 spiro atoms. The van der Waals surface area contributed by atoms with Gasteiger partial charge in [-0.15, -0.1) is 0 Å². The molecule has 2 heterocycles. The second-order valence-electron chi connectivity index (χ2n) is 8.40. The van der Waals surface area contributed by atoms with E-state index in [2.05, 4.69) is 53.0 Å². The van der Waals surface area contributed by atoms with Crippen LogP contribution in [0.3, 0.4) is 0 Å². The van der Waals surface area contributed by atoms with Gasteiger partial charge in [-0.1, -0.05) is 36.9 Å². The van der Waals surface area contributed by atoms with Gasteiger partial charge in [0.15, 0.2) is 5.58 Å². The fourth-order valence-electron chi connectivity index (χ4n) is 4.02. The number of hydrogen-bond acceptors (Lipinski definition) is 5. The van der Waals surface area contributed by atoms with Crippen molar-refractivity contribution >= 4 is 16.8 Å². The van der Waals surface area contributed by atoms with E-state index in [4.69, 9.17) is 9.15 Å². The zero-order valence-electron chi connectivity index (χ0n) is 18.4. The molecule has 1 saturated heterocycles. The summed E-state index contributed by atoms with van der Waals surface area (Å²) in [5, 5.41) is 3.34. The van der Waals surface area contributed by atoms with Crippen LogP contribution in [0.15, 0.2) is 89.5 Å². The highest BCUT2D eigenvalue weighted by Crippen LogP contribution is 2.30. The fourth-order valence-corrected chi connectivity index (χ4v) is 4.02. The number of nitrogens with one attached hydrogen (secondary N) is 1. The molecule has 3 aromatic carbocycles. The summed E-state index contributed by atoms with van der Waals surface area (Å²) in [7, 11) is 0. The number of nitrogens with zero attached hydrogens (tertiary/aromatic N) is 2. The summed E-state index contributed by atoms with van der Waals surface area (Å²) in [4.78, 5) is 6.98. The second kappa shape index (κ2) is 8.42. The maximum absolute atomic E-state index is 6.15. The van der Waals surface area contributed by atoms with Gasteiger partial charge in [0.05, 0.1) is 13.1 Å². The predicted molar refractivity (Wildman–Crippen MR) is 129 cm³/mol. The Balaban J connectivity index is 1.20. The number of hydrogen-bond donors (Lipinski definition) is 1. The lowest BCUT2D eigenvalue weighted by atomic mass is 10.1. The van der Waals surface area contributed by atoms with Gasteiger partial charge in [-0.2, -0.15) is 0 Å². The van der Waals surface area contributed by atoms with Crippen molar-refractivity contribution in [2.75, 3.05) is 18.0 Å². The van der Waals surface area contributed by atoms with E-state index in [1.54, 1.807) is 0 Å². The Hall–Kier alpha value is -3.73. The van der Waals surface area contributed by atoms with Crippen molar-refractivity contribution in [1.82, 2.24) is 10.3 Å². The molecule has 0 saturated carbocycles. The van der Waals surface area contributed by atoms with Crippen molar-refractivity contribution in [1.29, 1.82) is 0 Å². The third kappa shape index (κ3) is 4.19. The van der Waals surface area contributed by atoms with E-state index in [-0.39, 0.29) is 12.1 Å². The Labute approximate surface area is 188 Å². The zero-order chi connectivity index (χ0) is 22.1. The monoisotopic (exact) mass is 425 g/mol. The van der Waals surface area contributed by atoms with Crippen LogP contribution in [0.4, 0.5) is 5.69 Å². The highest BCUT2D eigenvalue weighted by Gasteiger charge is 2.29. The Kier molecular flexibility index (Phi) is 5.31. The number of rotatable bonds is 7. The van der Waals surface area contributed by atoms with Crippen molar-refractivity contribution in [3.8, 4) is 17.2 Å². The molecule has 1 fully saturated rings. The summed E-state index contributed by atoms with van der Waals surface area (Å²) in [5.74, 6) is 1.55. The highest BCUT2D eigenvalue weighted by atomic mass is 16.5. The number of ether oxygens (including phenoxy) is 1. The van der Waals surface area contributed by atoms with Gasteiger partial charge in [-0.3, -0.25) is 0 Å². The highest BCUT2D eigenvalue weighted by molar-refractivity contribution is 5.80. The van der Waals surface area contributed by atoms with Gasteiger partial charge >= 0.3 is 0 Å². The Morgan fingerprint density at radius 3 is 2.56 bits per heavy atom.